The van der Waals surface area contributed by atoms with Gasteiger partial charge in [0, 0.05) is 23.3 Å². The number of esters is 2. The third-order valence-electron chi connectivity index (χ3n) is 14.5. The summed E-state index contributed by atoms with van der Waals surface area (Å²) in [7, 11) is 0. The Hall–Kier alpha value is -4.20. The van der Waals surface area contributed by atoms with Crippen LogP contribution in [0.5, 0.6) is 0 Å². The lowest BCUT2D eigenvalue weighted by Gasteiger charge is -2.38. The van der Waals surface area contributed by atoms with Crippen molar-refractivity contribution in [2.24, 2.45) is 43.5 Å². The molecule has 4 aliphatic carbocycles. The van der Waals surface area contributed by atoms with Crippen molar-refractivity contribution >= 4 is 24.4 Å². The van der Waals surface area contributed by atoms with E-state index in [1.165, 1.54) is 26.3 Å². The van der Waals surface area contributed by atoms with Gasteiger partial charge < -0.3 is 19.7 Å². The fraction of sp³-hybridized carbons (Fsp3) is 0.545. The molecule has 6 rings (SSSR count). The SMILES string of the molecule is C/C(O)=C(\C=N[C@@H](c1ccccc1)[C@@H](N=C/C(C(=O)O[C@@H]1C[C@@H]2CC[C@@]1(C)C2(C)C)=C(/C)O)c1ccccc1)C(=O)O[C@@H]1C[C@@H]2CC[C@@]1(C)C2(C)C. The number of carbonyl (C=O) groups is 2. The molecule has 4 saturated carbocycles. The van der Waals surface area contributed by atoms with Gasteiger partial charge in [-0.1, -0.05) is 102 Å². The fourth-order valence-corrected chi connectivity index (χ4v) is 9.90. The average Bonchev–Trinajstić information content (AvgIpc) is 3.62. The van der Waals surface area contributed by atoms with Crippen molar-refractivity contribution in [1.29, 1.82) is 0 Å². The largest absolute Gasteiger partial charge is 0.512 e. The first-order valence-electron chi connectivity index (χ1n) is 18.9. The summed E-state index contributed by atoms with van der Waals surface area (Å²) < 4.78 is 12.3. The summed E-state index contributed by atoms with van der Waals surface area (Å²) in [5, 5.41) is 21.5. The van der Waals surface area contributed by atoms with Crippen molar-refractivity contribution in [2.75, 3.05) is 0 Å². The van der Waals surface area contributed by atoms with E-state index in [1.54, 1.807) is 0 Å². The number of fused-ring (bicyclic) bond motifs is 4. The van der Waals surface area contributed by atoms with Crippen LogP contribution in [0.3, 0.4) is 0 Å². The van der Waals surface area contributed by atoms with Crippen LogP contribution in [0.2, 0.25) is 0 Å². The number of benzene rings is 2. The van der Waals surface area contributed by atoms with Crippen LogP contribution in [-0.4, -0.2) is 46.8 Å². The summed E-state index contributed by atoms with van der Waals surface area (Å²) >= 11 is 0. The summed E-state index contributed by atoms with van der Waals surface area (Å²) in [5.74, 6) is -0.609. The van der Waals surface area contributed by atoms with Gasteiger partial charge in [0.25, 0.3) is 0 Å². The molecule has 52 heavy (non-hydrogen) atoms. The number of allylic oxidation sites excluding steroid dienone is 2. The first kappa shape index (κ1) is 37.6. The molecule has 2 aromatic carbocycles. The first-order valence-corrected chi connectivity index (χ1v) is 18.9. The van der Waals surface area contributed by atoms with Gasteiger partial charge in [0.2, 0.25) is 0 Å². The van der Waals surface area contributed by atoms with E-state index in [0.717, 1.165) is 49.7 Å². The lowest BCUT2D eigenvalue weighted by Crippen LogP contribution is -2.38. The van der Waals surface area contributed by atoms with E-state index in [0.29, 0.717) is 11.8 Å². The lowest BCUT2D eigenvalue weighted by molar-refractivity contribution is -0.152. The second-order valence-corrected chi connectivity index (χ2v) is 17.3. The van der Waals surface area contributed by atoms with E-state index in [1.807, 2.05) is 60.7 Å². The van der Waals surface area contributed by atoms with Crippen LogP contribution >= 0.6 is 0 Å². The van der Waals surface area contributed by atoms with Crippen molar-refractivity contribution in [2.45, 2.75) is 118 Å². The van der Waals surface area contributed by atoms with Gasteiger partial charge in [-0.05, 0) is 86.2 Å². The molecule has 0 saturated heterocycles. The third-order valence-corrected chi connectivity index (χ3v) is 14.5. The molecule has 8 nitrogen and oxygen atoms in total. The second-order valence-electron chi connectivity index (χ2n) is 17.3. The second kappa shape index (κ2) is 14.0. The van der Waals surface area contributed by atoms with Crippen LogP contribution in [0.15, 0.2) is 93.3 Å². The Morgan fingerprint density at radius 1 is 0.654 bits per heavy atom. The van der Waals surface area contributed by atoms with Crippen LogP contribution in [0.25, 0.3) is 0 Å². The molecule has 4 bridgehead atoms. The highest BCUT2D eigenvalue weighted by molar-refractivity contribution is 6.10. The van der Waals surface area contributed by atoms with Crippen LogP contribution in [0, 0.1) is 33.5 Å². The Morgan fingerprint density at radius 3 is 1.27 bits per heavy atom. The van der Waals surface area contributed by atoms with Crippen molar-refractivity contribution in [1.82, 2.24) is 0 Å². The van der Waals surface area contributed by atoms with E-state index in [4.69, 9.17) is 19.5 Å². The maximum atomic E-state index is 13.7. The van der Waals surface area contributed by atoms with Crippen LogP contribution in [0.1, 0.15) is 117 Å². The highest BCUT2D eigenvalue weighted by Crippen LogP contribution is 2.67. The fourth-order valence-electron chi connectivity index (χ4n) is 9.90. The molecule has 0 aliphatic heterocycles. The molecule has 0 radical (unpaired) electrons. The minimum atomic E-state index is -0.678. The van der Waals surface area contributed by atoms with Gasteiger partial charge in [-0.2, -0.15) is 0 Å². The molecule has 2 N–H and O–H groups in total. The number of hydrogen-bond donors (Lipinski definition) is 2. The number of aliphatic imine (C=N–C) groups is 2. The zero-order valence-electron chi connectivity index (χ0n) is 32.1. The molecule has 4 fully saturated rings. The highest BCUT2D eigenvalue weighted by Gasteiger charge is 2.64. The Kier molecular flexibility index (Phi) is 10.1. The molecule has 4 aliphatic rings. The maximum Gasteiger partial charge on any atom is 0.343 e. The molecule has 2 aromatic rings. The summed E-state index contributed by atoms with van der Waals surface area (Å²) in [6.07, 6.45) is 8.15. The summed E-state index contributed by atoms with van der Waals surface area (Å²) in [5.41, 5.74) is 1.42. The number of aliphatic hydroxyl groups is 2. The van der Waals surface area contributed by atoms with Crippen molar-refractivity contribution in [3.63, 3.8) is 0 Å². The maximum absolute atomic E-state index is 13.7. The van der Waals surface area contributed by atoms with E-state index < -0.39 is 24.0 Å². The standard InChI is InChI=1S/C44H56N2O6/c1-27(47)33(39(49)51-35-23-31-19-21-43(35,7)41(31,3)4)25-45-37(29-15-11-9-12-16-29)38(30-17-13-10-14-18-30)46-26-34(28(2)48)40(50)52-36-24-32-20-22-44(36,8)42(32,5)6/h9-18,25-26,31-32,35-38,47-48H,19-24H2,1-8H3/b33-27-,34-28+,45-25?,46-26?/t31-,32-,35+,36+,37-,38-,43+,44+/m0/s1. The van der Waals surface area contributed by atoms with E-state index in [9.17, 15) is 19.8 Å². The number of rotatable bonds is 11. The number of aliphatic hydroxyl groups excluding tert-OH is 2. The predicted octanol–water partition coefficient (Wildman–Crippen LogP) is 9.79. The first-order chi connectivity index (χ1) is 24.5. The molecule has 8 heteroatoms. The zero-order valence-corrected chi connectivity index (χ0v) is 32.1. The predicted molar refractivity (Wildman–Crippen MR) is 204 cm³/mol. The Morgan fingerprint density at radius 2 is 1.00 bits per heavy atom. The van der Waals surface area contributed by atoms with E-state index in [-0.39, 0.29) is 56.5 Å². The molecular formula is C44H56N2O6. The van der Waals surface area contributed by atoms with Gasteiger partial charge in [-0.3, -0.25) is 9.98 Å². The van der Waals surface area contributed by atoms with Crippen LogP contribution in [0.4, 0.5) is 0 Å². The van der Waals surface area contributed by atoms with E-state index >= 15 is 0 Å². The van der Waals surface area contributed by atoms with Gasteiger partial charge in [0.05, 0.1) is 0 Å². The summed E-state index contributed by atoms with van der Waals surface area (Å²) in [6, 6.07) is 17.8. The minimum Gasteiger partial charge on any atom is -0.512 e. The van der Waals surface area contributed by atoms with Crippen molar-refractivity contribution in [3.8, 4) is 0 Å². The quantitative estimate of drug-likeness (QED) is 0.104. The minimum absolute atomic E-state index is 0.0152. The van der Waals surface area contributed by atoms with Crippen LogP contribution in [-0.2, 0) is 19.1 Å². The number of hydrogen-bond acceptors (Lipinski definition) is 8. The monoisotopic (exact) mass is 708 g/mol. The summed E-state index contributed by atoms with van der Waals surface area (Å²) in [4.78, 5) is 37.3. The molecule has 0 aromatic heterocycles. The molecule has 278 valence electrons. The number of carbonyl (C=O) groups excluding carboxylic acids is 2. The molecule has 8 atom stereocenters. The normalized spacial score (nSPS) is 32.1. The Labute approximate surface area is 309 Å². The molecule has 0 unspecified atom stereocenters. The van der Waals surface area contributed by atoms with Gasteiger partial charge >= 0.3 is 11.9 Å². The van der Waals surface area contributed by atoms with Gasteiger partial charge in [0.15, 0.2) is 0 Å². The van der Waals surface area contributed by atoms with E-state index in [2.05, 4.69) is 41.5 Å². The van der Waals surface area contributed by atoms with Crippen LogP contribution < -0.4 is 0 Å². The molecule has 0 heterocycles. The smallest absolute Gasteiger partial charge is 0.343 e. The van der Waals surface area contributed by atoms with Gasteiger partial charge in [-0.15, -0.1) is 0 Å². The third kappa shape index (κ3) is 6.40. The summed E-state index contributed by atoms with van der Waals surface area (Å²) in [6.45, 7) is 16.4. The average molecular weight is 709 g/mol. The Bertz CT molecular complexity index is 1650. The van der Waals surface area contributed by atoms with Gasteiger partial charge in [0.1, 0.15) is 47.0 Å². The lowest BCUT2D eigenvalue weighted by atomic mass is 9.70. The van der Waals surface area contributed by atoms with Crippen molar-refractivity contribution in [3.05, 3.63) is 94.5 Å². The Balaban J connectivity index is 1.30. The number of ether oxygens (including phenoxy) is 2. The topological polar surface area (TPSA) is 118 Å². The highest BCUT2D eigenvalue weighted by atomic mass is 16.6. The molecule has 0 spiro atoms. The van der Waals surface area contributed by atoms with Gasteiger partial charge in [-0.25, -0.2) is 9.59 Å². The molecule has 0 amide bonds. The number of nitrogens with zero attached hydrogens (tertiary/aromatic N) is 2. The molecular weight excluding hydrogens is 652 g/mol. The van der Waals surface area contributed by atoms with Crippen molar-refractivity contribution < 1.29 is 29.3 Å². The zero-order chi connectivity index (χ0) is 37.6.